The second-order valence-corrected chi connectivity index (χ2v) is 4.92. The number of ether oxygens (including phenoxy) is 2. The van der Waals surface area contributed by atoms with E-state index >= 15 is 0 Å². The number of benzene rings is 2. The van der Waals surface area contributed by atoms with Crippen LogP contribution in [0.3, 0.4) is 0 Å². The summed E-state index contributed by atoms with van der Waals surface area (Å²) in [6.07, 6.45) is 0.806. The summed E-state index contributed by atoms with van der Waals surface area (Å²) in [4.78, 5) is 18.6. The number of aldehydes is 1. The van der Waals surface area contributed by atoms with Gasteiger partial charge in [-0.15, -0.1) is 0 Å². The molecular weight excluding hydrogens is 280 g/mol. The van der Waals surface area contributed by atoms with E-state index in [1.807, 2.05) is 31.2 Å². The van der Waals surface area contributed by atoms with E-state index in [0.29, 0.717) is 23.7 Å². The Bertz CT molecular complexity index is 791. The molecule has 22 heavy (non-hydrogen) atoms. The van der Waals surface area contributed by atoms with E-state index in [0.717, 1.165) is 28.7 Å². The topological polar surface area (TPSA) is 64.2 Å². The number of fused-ring (bicyclic) bond motifs is 1. The van der Waals surface area contributed by atoms with Crippen molar-refractivity contribution < 1.29 is 14.3 Å². The lowest BCUT2D eigenvalue weighted by Gasteiger charge is -2.13. The molecular formula is C17H16N2O3. The molecule has 1 heterocycles. The second-order valence-electron chi connectivity index (χ2n) is 4.92. The van der Waals surface area contributed by atoms with Crippen LogP contribution in [-0.2, 0) is 6.61 Å². The molecule has 3 aromatic rings. The van der Waals surface area contributed by atoms with Crippen molar-refractivity contribution in [3.8, 4) is 11.5 Å². The molecule has 0 saturated heterocycles. The third kappa shape index (κ3) is 2.53. The molecule has 2 aromatic carbocycles. The van der Waals surface area contributed by atoms with Crippen LogP contribution in [0.4, 0.5) is 0 Å². The van der Waals surface area contributed by atoms with Gasteiger partial charge in [0, 0.05) is 11.1 Å². The Balaban J connectivity index is 1.84. The number of nitrogens with zero attached hydrogens (tertiary/aromatic N) is 1. The van der Waals surface area contributed by atoms with E-state index in [1.165, 1.54) is 0 Å². The van der Waals surface area contributed by atoms with Crippen molar-refractivity contribution in [2.45, 2.75) is 13.5 Å². The van der Waals surface area contributed by atoms with Crippen molar-refractivity contribution in [1.82, 2.24) is 9.97 Å². The predicted molar refractivity (Wildman–Crippen MR) is 83.5 cm³/mol. The molecule has 0 amide bonds. The zero-order chi connectivity index (χ0) is 15.5. The first-order valence-corrected chi connectivity index (χ1v) is 6.92. The highest BCUT2D eigenvalue weighted by Gasteiger charge is 2.12. The fraction of sp³-hybridized carbons (Fsp3) is 0.176. The van der Waals surface area contributed by atoms with Crippen LogP contribution in [0.1, 0.15) is 21.7 Å². The highest BCUT2D eigenvalue weighted by molar-refractivity contribution is 5.79. The number of hydrogen-bond acceptors (Lipinski definition) is 4. The van der Waals surface area contributed by atoms with Gasteiger partial charge in [0.2, 0.25) is 0 Å². The van der Waals surface area contributed by atoms with Crippen molar-refractivity contribution in [2.24, 2.45) is 0 Å². The second kappa shape index (κ2) is 5.89. The standard InChI is InChI=1S/C17H16N2O3/c1-11-12(9-20)7-8-15(17(11)21-2)22-10-16-18-13-5-3-4-6-14(13)19-16/h3-9H,10H2,1-2H3,(H,18,19). The number of carbonyl (C=O) groups is 1. The van der Waals surface area contributed by atoms with Crippen LogP contribution in [0.15, 0.2) is 36.4 Å². The van der Waals surface area contributed by atoms with Crippen molar-refractivity contribution in [3.05, 3.63) is 53.3 Å². The number of rotatable bonds is 5. The first-order chi connectivity index (χ1) is 10.7. The molecule has 3 rings (SSSR count). The van der Waals surface area contributed by atoms with Gasteiger partial charge in [0.25, 0.3) is 0 Å². The third-order valence-electron chi connectivity index (χ3n) is 3.55. The summed E-state index contributed by atoms with van der Waals surface area (Å²) < 4.78 is 11.1. The average molecular weight is 296 g/mol. The van der Waals surface area contributed by atoms with Gasteiger partial charge in [0.15, 0.2) is 11.5 Å². The smallest absolute Gasteiger partial charge is 0.164 e. The van der Waals surface area contributed by atoms with Gasteiger partial charge in [-0.1, -0.05) is 12.1 Å². The molecule has 0 saturated carbocycles. The lowest BCUT2D eigenvalue weighted by Crippen LogP contribution is -2.01. The van der Waals surface area contributed by atoms with Crippen LogP contribution >= 0.6 is 0 Å². The number of imidazole rings is 1. The van der Waals surface area contributed by atoms with E-state index in [-0.39, 0.29) is 0 Å². The zero-order valence-electron chi connectivity index (χ0n) is 12.4. The maximum absolute atomic E-state index is 11.0. The molecule has 0 spiro atoms. The maximum atomic E-state index is 11.0. The molecule has 0 unspecified atom stereocenters. The first kappa shape index (κ1) is 14.1. The monoisotopic (exact) mass is 296 g/mol. The van der Waals surface area contributed by atoms with Crippen molar-refractivity contribution in [1.29, 1.82) is 0 Å². The summed E-state index contributed by atoms with van der Waals surface area (Å²) in [6, 6.07) is 11.3. The third-order valence-corrected chi connectivity index (χ3v) is 3.55. The molecule has 112 valence electrons. The van der Waals surface area contributed by atoms with Gasteiger partial charge in [-0.25, -0.2) is 4.98 Å². The zero-order valence-corrected chi connectivity index (χ0v) is 12.4. The molecule has 5 heteroatoms. The van der Waals surface area contributed by atoms with Gasteiger partial charge in [-0.2, -0.15) is 0 Å². The minimum Gasteiger partial charge on any atom is -0.493 e. The molecule has 0 radical (unpaired) electrons. The first-order valence-electron chi connectivity index (χ1n) is 6.92. The van der Waals surface area contributed by atoms with E-state index in [2.05, 4.69) is 9.97 Å². The molecule has 5 nitrogen and oxygen atoms in total. The Morgan fingerprint density at radius 3 is 2.77 bits per heavy atom. The number of nitrogens with one attached hydrogen (secondary N) is 1. The Kier molecular flexibility index (Phi) is 3.78. The summed E-state index contributed by atoms with van der Waals surface area (Å²) in [5.41, 5.74) is 3.23. The molecule has 0 aliphatic heterocycles. The molecule has 0 aliphatic rings. The van der Waals surface area contributed by atoms with Crippen molar-refractivity contribution >= 4 is 17.3 Å². The van der Waals surface area contributed by atoms with E-state index < -0.39 is 0 Å². The van der Waals surface area contributed by atoms with Crippen molar-refractivity contribution in [3.63, 3.8) is 0 Å². The fourth-order valence-corrected chi connectivity index (χ4v) is 2.40. The average Bonchev–Trinajstić information content (AvgIpc) is 2.96. The Labute approximate surface area is 127 Å². The van der Waals surface area contributed by atoms with Crippen LogP contribution in [0.25, 0.3) is 11.0 Å². The largest absolute Gasteiger partial charge is 0.493 e. The number of para-hydroxylation sites is 2. The molecule has 1 aromatic heterocycles. The number of aromatic amines is 1. The summed E-state index contributed by atoms with van der Waals surface area (Å²) in [5, 5.41) is 0. The number of aromatic nitrogens is 2. The van der Waals surface area contributed by atoms with Crippen LogP contribution in [0.5, 0.6) is 11.5 Å². The van der Waals surface area contributed by atoms with Crippen LogP contribution < -0.4 is 9.47 Å². The molecule has 0 fully saturated rings. The van der Waals surface area contributed by atoms with E-state index in [1.54, 1.807) is 19.2 Å². The number of hydrogen-bond donors (Lipinski definition) is 1. The highest BCUT2D eigenvalue weighted by atomic mass is 16.5. The highest BCUT2D eigenvalue weighted by Crippen LogP contribution is 2.32. The number of H-pyrrole nitrogens is 1. The molecule has 1 N–H and O–H groups in total. The van der Waals surface area contributed by atoms with Crippen LogP contribution in [0.2, 0.25) is 0 Å². The fourth-order valence-electron chi connectivity index (χ4n) is 2.40. The van der Waals surface area contributed by atoms with Gasteiger partial charge in [-0.05, 0) is 31.2 Å². The van der Waals surface area contributed by atoms with Crippen molar-refractivity contribution in [2.75, 3.05) is 7.11 Å². The van der Waals surface area contributed by atoms with Gasteiger partial charge < -0.3 is 14.5 Å². The quantitative estimate of drug-likeness (QED) is 0.734. The lowest BCUT2D eigenvalue weighted by molar-refractivity contribution is 0.112. The Morgan fingerprint density at radius 1 is 1.23 bits per heavy atom. The lowest BCUT2D eigenvalue weighted by atomic mass is 10.1. The molecule has 0 atom stereocenters. The Morgan fingerprint density at radius 2 is 2.05 bits per heavy atom. The summed E-state index contributed by atoms with van der Waals surface area (Å²) in [5.74, 6) is 1.90. The van der Waals surface area contributed by atoms with Gasteiger partial charge in [0.05, 0.1) is 18.1 Å². The minimum absolute atomic E-state index is 0.297. The Hall–Kier alpha value is -2.82. The summed E-state index contributed by atoms with van der Waals surface area (Å²) >= 11 is 0. The van der Waals surface area contributed by atoms with Gasteiger partial charge in [-0.3, -0.25) is 4.79 Å². The predicted octanol–water partition coefficient (Wildman–Crippen LogP) is 3.27. The van der Waals surface area contributed by atoms with Gasteiger partial charge >= 0.3 is 0 Å². The minimum atomic E-state index is 0.297. The summed E-state index contributed by atoms with van der Waals surface area (Å²) in [6.45, 7) is 2.13. The molecule has 0 aliphatic carbocycles. The SMILES string of the molecule is COc1c(OCc2nc3ccccc3[nH]2)ccc(C=O)c1C. The van der Waals surface area contributed by atoms with Gasteiger partial charge in [0.1, 0.15) is 18.7 Å². The van der Waals surface area contributed by atoms with Crippen LogP contribution in [0, 0.1) is 6.92 Å². The number of carbonyl (C=O) groups excluding carboxylic acids is 1. The normalized spacial score (nSPS) is 10.6. The van der Waals surface area contributed by atoms with Crippen LogP contribution in [-0.4, -0.2) is 23.4 Å². The number of methoxy groups -OCH3 is 1. The summed E-state index contributed by atoms with van der Waals surface area (Å²) in [7, 11) is 1.56. The van der Waals surface area contributed by atoms with E-state index in [4.69, 9.17) is 9.47 Å². The maximum Gasteiger partial charge on any atom is 0.164 e. The molecule has 0 bridgehead atoms. The van der Waals surface area contributed by atoms with E-state index in [9.17, 15) is 4.79 Å².